The fourth-order valence-corrected chi connectivity index (χ4v) is 1.43. The summed E-state index contributed by atoms with van der Waals surface area (Å²) in [6.07, 6.45) is 1.04. The van der Waals surface area contributed by atoms with Crippen LogP contribution in [0, 0.1) is 6.92 Å². The SMILES string of the molecule is CC.CCc1nc(C)ccc1C(C)C. The molecule has 0 saturated carbocycles. The first-order valence-electron chi connectivity index (χ1n) is 5.61. The van der Waals surface area contributed by atoms with Crippen LogP contribution >= 0.6 is 0 Å². The molecule has 0 saturated heterocycles. The van der Waals surface area contributed by atoms with Crippen molar-refractivity contribution in [2.24, 2.45) is 0 Å². The van der Waals surface area contributed by atoms with Crippen molar-refractivity contribution in [3.8, 4) is 0 Å². The summed E-state index contributed by atoms with van der Waals surface area (Å²) in [6.45, 7) is 12.6. The fourth-order valence-electron chi connectivity index (χ4n) is 1.43. The Hall–Kier alpha value is -0.850. The number of hydrogen-bond acceptors (Lipinski definition) is 1. The third-order valence-electron chi connectivity index (χ3n) is 2.11. The van der Waals surface area contributed by atoms with E-state index in [9.17, 15) is 0 Å². The van der Waals surface area contributed by atoms with E-state index in [0.717, 1.165) is 12.1 Å². The highest BCUT2D eigenvalue weighted by molar-refractivity contribution is 5.25. The number of nitrogens with zero attached hydrogens (tertiary/aromatic N) is 1. The van der Waals surface area contributed by atoms with Crippen molar-refractivity contribution in [1.29, 1.82) is 0 Å². The average Bonchev–Trinajstić information content (AvgIpc) is 2.20. The van der Waals surface area contributed by atoms with E-state index < -0.39 is 0 Å². The predicted molar refractivity (Wildman–Crippen MR) is 63.8 cm³/mol. The Kier molecular flexibility index (Phi) is 6.18. The molecule has 0 N–H and O–H groups in total. The highest BCUT2D eigenvalue weighted by atomic mass is 14.7. The Morgan fingerprint density at radius 3 is 2.21 bits per heavy atom. The second-order valence-electron chi connectivity index (χ2n) is 3.50. The molecule has 1 heteroatoms. The van der Waals surface area contributed by atoms with Gasteiger partial charge in [-0.1, -0.05) is 40.7 Å². The maximum absolute atomic E-state index is 4.51. The van der Waals surface area contributed by atoms with Gasteiger partial charge in [0.15, 0.2) is 0 Å². The quantitative estimate of drug-likeness (QED) is 0.689. The molecule has 1 aromatic rings. The first kappa shape index (κ1) is 13.2. The molecule has 1 heterocycles. The first-order valence-corrected chi connectivity index (χ1v) is 5.61. The molecular formula is C13H23N. The van der Waals surface area contributed by atoms with Crippen molar-refractivity contribution in [3.05, 3.63) is 29.1 Å². The van der Waals surface area contributed by atoms with Crippen molar-refractivity contribution in [3.63, 3.8) is 0 Å². The van der Waals surface area contributed by atoms with Gasteiger partial charge >= 0.3 is 0 Å². The predicted octanol–water partition coefficient (Wildman–Crippen LogP) is 4.10. The standard InChI is InChI=1S/C11H17N.C2H6/c1-5-11-10(8(2)3)7-6-9(4)12-11;1-2/h6-8H,5H2,1-4H3;1-2H3. The Labute approximate surface area is 88.6 Å². The minimum absolute atomic E-state index is 0.591. The molecule has 0 amide bonds. The molecule has 14 heavy (non-hydrogen) atoms. The van der Waals surface area contributed by atoms with Crippen LogP contribution in [0.15, 0.2) is 12.1 Å². The highest BCUT2D eigenvalue weighted by Crippen LogP contribution is 2.18. The zero-order valence-corrected chi connectivity index (χ0v) is 10.4. The van der Waals surface area contributed by atoms with Gasteiger partial charge in [-0.25, -0.2) is 0 Å². The van der Waals surface area contributed by atoms with Crippen molar-refractivity contribution >= 4 is 0 Å². The summed E-state index contributed by atoms with van der Waals surface area (Å²) in [5.74, 6) is 0.591. The van der Waals surface area contributed by atoms with E-state index in [1.807, 2.05) is 20.8 Å². The highest BCUT2D eigenvalue weighted by Gasteiger charge is 2.05. The molecular weight excluding hydrogens is 170 g/mol. The van der Waals surface area contributed by atoms with Gasteiger partial charge in [-0.15, -0.1) is 0 Å². The molecule has 80 valence electrons. The average molecular weight is 193 g/mol. The maximum atomic E-state index is 4.51. The van der Waals surface area contributed by atoms with Crippen molar-refractivity contribution in [2.75, 3.05) is 0 Å². The van der Waals surface area contributed by atoms with Gasteiger partial charge < -0.3 is 0 Å². The van der Waals surface area contributed by atoms with E-state index in [0.29, 0.717) is 5.92 Å². The molecule has 0 unspecified atom stereocenters. The lowest BCUT2D eigenvalue weighted by Gasteiger charge is -2.10. The summed E-state index contributed by atoms with van der Waals surface area (Å²) >= 11 is 0. The molecule has 0 bridgehead atoms. The third-order valence-corrected chi connectivity index (χ3v) is 2.11. The largest absolute Gasteiger partial charge is 0.258 e. The first-order chi connectivity index (χ1) is 6.65. The molecule has 0 aliphatic heterocycles. The molecule has 1 nitrogen and oxygen atoms in total. The van der Waals surface area contributed by atoms with Crippen LogP contribution in [-0.2, 0) is 6.42 Å². The lowest BCUT2D eigenvalue weighted by molar-refractivity contribution is 0.819. The summed E-state index contributed by atoms with van der Waals surface area (Å²) in [5.41, 5.74) is 3.77. The summed E-state index contributed by atoms with van der Waals surface area (Å²) < 4.78 is 0. The molecule has 0 aromatic carbocycles. The summed E-state index contributed by atoms with van der Waals surface area (Å²) in [4.78, 5) is 4.51. The van der Waals surface area contributed by atoms with Crippen LogP contribution in [0.3, 0.4) is 0 Å². The van der Waals surface area contributed by atoms with Crippen LogP contribution in [0.25, 0.3) is 0 Å². The van der Waals surface area contributed by atoms with E-state index in [2.05, 4.69) is 37.9 Å². The minimum Gasteiger partial charge on any atom is -0.258 e. The van der Waals surface area contributed by atoms with E-state index in [1.54, 1.807) is 0 Å². The van der Waals surface area contributed by atoms with Gasteiger partial charge in [0, 0.05) is 11.4 Å². The van der Waals surface area contributed by atoms with E-state index in [-0.39, 0.29) is 0 Å². The van der Waals surface area contributed by atoms with Crippen LogP contribution in [0.1, 0.15) is 57.5 Å². The van der Waals surface area contributed by atoms with Crippen molar-refractivity contribution < 1.29 is 0 Å². The smallest absolute Gasteiger partial charge is 0.0438 e. The summed E-state index contributed by atoms with van der Waals surface area (Å²) in [5, 5.41) is 0. The van der Waals surface area contributed by atoms with Gasteiger partial charge in [0.25, 0.3) is 0 Å². The van der Waals surface area contributed by atoms with Crippen LogP contribution < -0.4 is 0 Å². The van der Waals surface area contributed by atoms with Gasteiger partial charge in [0.05, 0.1) is 0 Å². The van der Waals surface area contributed by atoms with E-state index >= 15 is 0 Å². The maximum Gasteiger partial charge on any atom is 0.0438 e. The summed E-state index contributed by atoms with van der Waals surface area (Å²) in [6, 6.07) is 4.29. The topological polar surface area (TPSA) is 12.9 Å². The molecule has 0 atom stereocenters. The lowest BCUT2D eigenvalue weighted by atomic mass is 10.00. The van der Waals surface area contributed by atoms with Crippen molar-refractivity contribution in [2.45, 2.75) is 53.9 Å². The normalized spacial score (nSPS) is 9.64. The van der Waals surface area contributed by atoms with Crippen LogP contribution in [-0.4, -0.2) is 4.98 Å². The summed E-state index contributed by atoms with van der Waals surface area (Å²) in [7, 11) is 0. The number of hydrogen-bond donors (Lipinski definition) is 0. The zero-order valence-electron chi connectivity index (χ0n) is 10.4. The molecule has 1 rings (SSSR count). The fraction of sp³-hybridized carbons (Fsp3) is 0.615. The number of pyridine rings is 1. The number of aromatic nitrogens is 1. The van der Waals surface area contributed by atoms with Gasteiger partial charge in [-0.2, -0.15) is 0 Å². The van der Waals surface area contributed by atoms with E-state index in [1.165, 1.54) is 11.3 Å². The second-order valence-corrected chi connectivity index (χ2v) is 3.50. The number of aryl methyl sites for hydroxylation is 2. The van der Waals surface area contributed by atoms with Crippen LogP contribution in [0.4, 0.5) is 0 Å². The van der Waals surface area contributed by atoms with Crippen molar-refractivity contribution in [1.82, 2.24) is 4.98 Å². The van der Waals surface area contributed by atoms with E-state index in [4.69, 9.17) is 0 Å². The Morgan fingerprint density at radius 1 is 1.21 bits per heavy atom. The Morgan fingerprint density at radius 2 is 1.79 bits per heavy atom. The van der Waals surface area contributed by atoms with Gasteiger partial charge in [0.2, 0.25) is 0 Å². The Balaban J connectivity index is 0.000000791. The molecule has 0 aliphatic carbocycles. The lowest BCUT2D eigenvalue weighted by Crippen LogP contribution is -1.99. The molecule has 1 aromatic heterocycles. The Bertz CT molecular complexity index is 264. The molecule has 0 radical (unpaired) electrons. The third kappa shape index (κ3) is 3.49. The van der Waals surface area contributed by atoms with Gasteiger partial charge in [-0.05, 0) is 30.9 Å². The zero-order chi connectivity index (χ0) is 11.1. The second kappa shape index (κ2) is 6.58. The van der Waals surface area contributed by atoms with Crippen LogP contribution in [0.5, 0.6) is 0 Å². The number of rotatable bonds is 2. The molecule has 0 spiro atoms. The van der Waals surface area contributed by atoms with Crippen LogP contribution in [0.2, 0.25) is 0 Å². The molecule has 0 fully saturated rings. The monoisotopic (exact) mass is 193 g/mol. The minimum atomic E-state index is 0.591. The molecule has 0 aliphatic rings. The van der Waals surface area contributed by atoms with Gasteiger partial charge in [-0.3, -0.25) is 4.98 Å². The van der Waals surface area contributed by atoms with Gasteiger partial charge in [0.1, 0.15) is 0 Å².